The fourth-order valence-electron chi connectivity index (χ4n) is 3.25. The average Bonchev–Trinajstić information content (AvgIpc) is 2.71. The second kappa shape index (κ2) is 9.91. The van der Waals surface area contributed by atoms with Crippen molar-refractivity contribution in [1.82, 2.24) is 4.90 Å². The SMILES string of the molecule is NCc1cccc(CN(CCc2ccccc2)CCc2ccccc2)c1. The third-order valence-corrected chi connectivity index (χ3v) is 4.75. The van der Waals surface area contributed by atoms with E-state index in [9.17, 15) is 0 Å². The van der Waals surface area contributed by atoms with Gasteiger partial charge in [0, 0.05) is 26.2 Å². The van der Waals surface area contributed by atoms with Gasteiger partial charge in [0.15, 0.2) is 0 Å². The summed E-state index contributed by atoms with van der Waals surface area (Å²) in [5, 5.41) is 0. The Morgan fingerprint density at radius 3 is 1.62 bits per heavy atom. The first-order chi connectivity index (χ1) is 12.8. The highest BCUT2D eigenvalue weighted by atomic mass is 15.1. The van der Waals surface area contributed by atoms with Crippen molar-refractivity contribution in [1.29, 1.82) is 0 Å². The van der Waals surface area contributed by atoms with E-state index in [2.05, 4.69) is 89.8 Å². The van der Waals surface area contributed by atoms with E-state index < -0.39 is 0 Å². The Bertz CT molecular complexity index is 725. The minimum Gasteiger partial charge on any atom is -0.326 e. The molecule has 0 heterocycles. The molecule has 0 aliphatic rings. The molecule has 0 aromatic heterocycles. The predicted octanol–water partition coefficient (Wildman–Crippen LogP) is 4.43. The van der Waals surface area contributed by atoms with Crippen molar-refractivity contribution in [2.24, 2.45) is 5.73 Å². The maximum absolute atomic E-state index is 5.81. The summed E-state index contributed by atoms with van der Waals surface area (Å²) in [6.45, 7) is 3.68. The molecule has 0 saturated heterocycles. The van der Waals surface area contributed by atoms with Crippen LogP contribution in [-0.4, -0.2) is 18.0 Å². The summed E-state index contributed by atoms with van der Waals surface area (Å²) in [5.74, 6) is 0. The summed E-state index contributed by atoms with van der Waals surface area (Å²) >= 11 is 0. The molecular weight excluding hydrogens is 316 g/mol. The quantitative estimate of drug-likeness (QED) is 0.622. The fraction of sp³-hybridized carbons (Fsp3) is 0.250. The van der Waals surface area contributed by atoms with E-state index in [1.165, 1.54) is 22.3 Å². The molecule has 3 rings (SSSR count). The van der Waals surface area contributed by atoms with Crippen molar-refractivity contribution >= 4 is 0 Å². The lowest BCUT2D eigenvalue weighted by Crippen LogP contribution is -2.28. The zero-order valence-corrected chi connectivity index (χ0v) is 15.4. The number of hydrogen-bond donors (Lipinski definition) is 1. The molecule has 26 heavy (non-hydrogen) atoms. The number of nitrogens with two attached hydrogens (primary N) is 1. The van der Waals surface area contributed by atoms with Crippen LogP contribution in [0.3, 0.4) is 0 Å². The summed E-state index contributed by atoms with van der Waals surface area (Å²) in [6, 6.07) is 30.1. The van der Waals surface area contributed by atoms with Gasteiger partial charge in [-0.1, -0.05) is 84.9 Å². The van der Waals surface area contributed by atoms with Crippen molar-refractivity contribution in [3.05, 3.63) is 107 Å². The molecule has 0 atom stereocenters. The second-order valence-electron chi connectivity index (χ2n) is 6.77. The molecule has 2 nitrogen and oxygen atoms in total. The molecule has 0 bridgehead atoms. The highest BCUT2D eigenvalue weighted by molar-refractivity contribution is 5.23. The molecule has 0 aliphatic carbocycles. The monoisotopic (exact) mass is 344 g/mol. The normalized spacial score (nSPS) is 11.0. The lowest BCUT2D eigenvalue weighted by atomic mass is 10.1. The minimum absolute atomic E-state index is 0.599. The van der Waals surface area contributed by atoms with Crippen LogP contribution < -0.4 is 5.73 Å². The van der Waals surface area contributed by atoms with Crippen molar-refractivity contribution in [3.63, 3.8) is 0 Å². The van der Waals surface area contributed by atoms with Crippen LogP contribution in [0.5, 0.6) is 0 Å². The maximum atomic E-state index is 5.81. The van der Waals surface area contributed by atoms with E-state index >= 15 is 0 Å². The molecule has 0 fully saturated rings. The van der Waals surface area contributed by atoms with Crippen molar-refractivity contribution < 1.29 is 0 Å². The largest absolute Gasteiger partial charge is 0.326 e. The maximum Gasteiger partial charge on any atom is 0.0234 e. The molecule has 0 radical (unpaired) electrons. The van der Waals surface area contributed by atoms with Crippen LogP contribution >= 0.6 is 0 Å². The Labute approximate surface area is 157 Å². The van der Waals surface area contributed by atoms with Gasteiger partial charge in [0.25, 0.3) is 0 Å². The standard InChI is InChI=1S/C24H28N2/c25-19-23-12-7-13-24(18-23)20-26(16-14-21-8-3-1-4-9-21)17-15-22-10-5-2-6-11-22/h1-13,18H,14-17,19-20,25H2. The molecule has 0 spiro atoms. The molecule has 0 aliphatic heterocycles. The topological polar surface area (TPSA) is 29.3 Å². The summed E-state index contributed by atoms with van der Waals surface area (Å²) in [5.41, 5.74) is 11.1. The summed E-state index contributed by atoms with van der Waals surface area (Å²) in [7, 11) is 0. The Balaban J connectivity index is 1.65. The highest BCUT2D eigenvalue weighted by Crippen LogP contribution is 2.11. The number of nitrogens with zero attached hydrogens (tertiary/aromatic N) is 1. The van der Waals surface area contributed by atoms with Crippen molar-refractivity contribution in [2.45, 2.75) is 25.9 Å². The molecule has 3 aromatic carbocycles. The van der Waals surface area contributed by atoms with Gasteiger partial charge in [-0.25, -0.2) is 0 Å². The van der Waals surface area contributed by atoms with E-state index in [-0.39, 0.29) is 0 Å². The number of benzene rings is 3. The van der Waals surface area contributed by atoms with Gasteiger partial charge in [0.05, 0.1) is 0 Å². The fourth-order valence-corrected chi connectivity index (χ4v) is 3.25. The lowest BCUT2D eigenvalue weighted by Gasteiger charge is -2.23. The van der Waals surface area contributed by atoms with Gasteiger partial charge in [-0.3, -0.25) is 4.90 Å². The second-order valence-corrected chi connectivity index (χ2v) is 6.77. The molecule has 134 valence electrons. The molecule has 2 N–H and O–H groups in total. The van der Waals surface area contributed by atoms with Crippen LogP contribution in [0.2, 0.25) is 0 Å². The molecular formula is C24H28N2. The van der Waals surface area contributed by atoms with Gasteiger partial charge in [-0.05, 0) is 35.1 Å². The smallest absolute Gasteiger partial charge is 0.0234 e. The lowest BCUT2D eigenvalue weighted by molar-refractivity contribution is 0.272. The van der Waals surface area contributed by atoms with Gasteiger partial charge in [-0.2, -0.15) is 0 Å². The molecule has 0 amide bonds. The van der Waals surface area contributed by atoms with Gasteiger partial charge in [-0.15, -0.1) is 0 Å². The zero-order chi connectivity index (χ0) is 18.0. The highest BCUT2D eigenvalue weighted by Gasteiger charge is 2.08. The summed E-state index contributed by atoms with van der Waals surface area (Å²) in [4.78, 5) is 2.55. The Morgan fingerprint density at radius 2 is 1.08 bits per heavy atom. The van der Waals surface area contributed by atoms with Crippen molar-refractivity contribution in [2.75, 3.05) is 13.1 Å². The van der Waals surface area contributed by atoms with E-state index in [0.717, 1.165) is 32.5 Å². The molecule has 0 unspecified atom stereocenters. The van der Waals surface area contributed by atoms with Gasteiger partial charge in [0.1, 0.15) is 0 Å². The van der Waals surface area contributed by atoms with E-state index in [1.54, 1.807) is 0 Å². The third kappa shape index (κ3) is 5.83. The first-order valence-corrected chi connectivity index (χ1v) is 9.41. The Hall–Kier alpha value is -2.42. The van der Waals surface area contributed by atoms with Gasteiger partial charge >= 0.3 is 0 Å². The predicted molar refractivity (Wildman–Crippen MR) is 110 cm³/mol. The van der Waals surface area contributed by atoms with Crippen LogP contribution in [0.25, 0.3) is 0 Å². The summed E-state index contributed by atoms with van der Waals surface area (Å²) < 4.78 is 0. The minimum atomic E-state index is 0.599. The van der Waals surface area contributed by atoms with Gasteiger partial charge in [0.2, 0.25) is 0 Å². The van der Waals surface area contributed by atoms with Gasteiger partial charge < -0.3 is 5.73 Å². The molecule has 3 aromatic rings. The summed E-state index contributed by atoms with van der Waals surface area (Å²) in [6.07, 6.45) is 2.15. The molecule has 0 saturated carbocycles. The number of hydrogen-bond acceptors (Lipinski definition) is 2. The van der Waals surface area contributed by atoms with Crippen LogP contribution in [-0.2, 0) is 25.9 Å². The average molecular weight is 345 g/mol. The van der Waals surface area contributed by atoms with E-state index in [4.69, 9.17) is 5.73 Å². The molecule has 2 heteroatoms. The van der Waals surface area contributed by atoms with Crippen LogP contribution in [0.15, 0.2) is 84.9 Å². The first-order valence-electron chi connectivity index (χ1n) is 9.41. The Kier molecular flexibility index (Phi) is 7.00. The van der Waals surface area contributed by atoms with Crippen molar-refractivity contribution in [3.8, 4) is 0 Å². The van der Waals surface area contributed by atoms with E-state index in [0.29, 0.717) is 6.54 Å². The van der Waals surface area contributed by atoms with E-state index in [1.807, 2.05) is 0 Å². The van der Waals surface area contributed by atoms with Crippen LogP contribution in [0.1, 0.15) is 22.3 Å². The zero-order valence-electron chi connectivity index (χ0n) is 15.4. The Morgan fingerprint density at radius 1 is 0.577 bits per heavy atom. The van der Waals surface area contributed by atoms with Crippen LogP contribution in [0, 0.1) is 0 Å². The first kappa shape index (κ1) is 18.4. The number of rotatable bonds is 9. The third-order valence-electron chi connectivity index (χ3n) is 4.75. The van der Waals surface area contributed by atoms with Crippen LogP contribution in [0.4, 0.5) is 0 Å².